The highest BCUT2D eigenvalue weighted by Gasteiger charge is 2.25. The molecule has 1 saturated carbocycles. The molecule has 0 saturated heterocycles. The summed E-state index contributed by atoms with van der Waals surface area (Å²) in [6, 6.07) is 5.23. The highest BCUT2D eigenvalue weighted by molar-refractivity contribution is 7.89. The zero-order chi connectivity index (χ0) is 19.9. The Hall–Kier alpha value is -1.91. The van der Waals surface area contributed by atoms with Crippen LogP contribution in [0, 0.1) is 6.92 Å². The van der Waals surface area contributed by atoms with Crippen LogP contribution < -0.4 is 16.2 Å². The van der Waals surface area contributed by atoms with Crippen molar-refractivity contribution in [1.82, 2.24) is 19.1 Å². The maximum Gasteiger partial charge on any atom is 0.240 e. The largest absolute Gasteiger partial charge is 0.381 e. The van der Waals surface area contributed by atoms with Crippen LogP contribution in [-0.4, -0.2) is 34.9 Å². The summed E-state index contributed by atoms with van der Waals surface area (Å²) < 4.78 is 30.5. The van der Waals surface area contributed by atoms with Crippen LogP contribution in [0.1, 0.15) is 31.2 Å². The van der Waals surface area contributed by atoms with Gasteiger partial charge in [-0.05, 0) is 50.3 Å². The van der Waals surface area contributed by atoms with Crippen LogP contribution in [0.4, 0.5) is 5.82 Å². The van der Waals surface area contributed by atoms with Gasteiger partial charge in [0, 0.05) is 30.0 Å². The first-order valence-electron chi connectivity index (χ1n) is 9.31. The number of hydrogen-bond acceptors (Lipinski definition) is 6. The topological polar surface area (TPSA) is 128 Å². The van der Waals surface area contributed by atoms with Crippen molar-refractivity contribution in [2.24, 2.45) is 5.73 Å². The van der Waals surface area contributed by atoms with E-state index in [0.29, 0.717) is 11.5 Å². The molecular formula is C19H26Cl2N6O2S. The number of benzene rings is 1. The predicted molar refractivity (Wildman–Crippen MR) is 123 cm³/mol. The molecule has 0 atom stereocenters. The van der Waals surface area contributed by atoms with E-state index in [0.717, 1.165) is 42.5 Å². The van der Waals surface area contributed by atoms with Crippen LogP contribution in [-0.2, 0) is 10.0 Å². The van der Waals surface area contributed by atoms with E-state index in [1.54, 1.807) is 30.7 Å². The van der Waals surface area contributed by atoms with Gasteiger partial charge in [0.2, 0.25) is 10.0 Å². The van der Waals surface area contributed by atoms with E-state index in [-0.39, 0.29) is 41.8 Å². The van der Waals surface area contributed by atoms with E-state index in [4.69, 9.17) is 11.5 Å². The Morgan fingerprint density at radius 3 is 2.53 bits per heavy atom. The molecule has 4 rings (SSSR count). The molecule has 1 fully saturated rings. The number of halogens is 2. The van der Waals surface area contributed by atoms with Gasteiger partial charge < -0.3 is 11.5 Å². The summed E-state index contributed by atoms with van der Waals surface area (Å²) in [6.45, 7) is 1.94. The molecule has 0 spiro atoms. The SMILES string of the molecule is Cc1ccc(S(=O)(=O)NC2CCC(N)CC2)cc1-c1cnc2c(N)nccn12.Cl.Cl. The van der Waals surface area contributed by atoms with Gasteiger partial charge in [-0.3, -0.25) is 4.40 Å². The molecule has 0 amide bonds. The Labute approximate surface area is 188 Å². The second-order valence-electron chi connectivity index (χ2n) is 7.36. The Kier molecular flexibility index (Phi) is 7.70. The number of nitrogen functional groups attached to an aromatic ring is 1. The molecule has 11 heteroatoms. The standard InChI is InChI=1S/C19H24N6O2S.2ClH/c1-12-2-7-15(28(26,27)24-14-5-3-13(20)4-6-14)10-16(12)17-11-23-19-18(21)22-8-9-25(17)19;;/h2,7-11,13-14,24H,3-6,20H2,1H3,(H2,21,22);2*1H. The van der Waals surface area contributed by atoms with Gasteiger partial charge in [-0.15, -0.1) is 24.8 Å². The van der Waals surface area contributed by atoms with Crippen molar-refractivity contribution in [3.63, 3.8) is 0 Å². The van der Waals surface area contributed by atoms with Gasteiger partial charge in [-0.2, -0.15) is 0 Å². The highest BCUT2D eigenvalue weighted by Crippen LogP contribution is 2.28. The number of aryl methyl sites for hydroxylation is 1. The average molecular weight is 473 g/mol. The Balaban J connectivity index is 0.00000160. The normalized spacial score (nSPS) is 19.1. The molecular weight excluding hydrogens is 447 g/mol. The summed E-state index contributed by atoms with van der Waals surface area (Å²) in [4.78, 5) is 8.61. The van der Waals surface area contributed by atoms with Crippen LogP contribution in [0.2, 0.25) is 0 Å². The van der Waals surface area contributed by atoms with Crippen molar-refractivity contribution >= 4 is 46.3 Å². The minimum atomic E-state index is -3.63. The molecule has 164 valence electrons. The number of sulfonamides is 1. The Morgan fingerprint density at radius 1 is 1.13 bits per heavy atom. The molecule has 1 aliphatic rings. The minimum absolute atomic E-state index is 0. The third-order valence-electron chi connectivity index (χ3n) is 5.34. The van der Waals surface area contributed by atoms with E-state index in [9.17, 15) is 8.42 Å². The maximum atomic E-state index is 12.9. The average Bonchev–Trinajstić information content (AvgIpc) is 3.09. The lowest BCUT2D eigenvalue weighted by molar-refractivity contribution is 0.373. The summed E-state index contributed by atoms with van der Waals surface area (Å²) in [7, 11) is -3.63. The molecule has 8 nitrogen and oxygen atoms in total. The molecule has 0 aliphatic heterocycles. The zero-order valence-corrected chi connectivity index (χ0v) is 18.9. The van der Waals surface area contributed by atoms with Crippen molar-refractivity contribution in [2.75, 3.05) is 5.73 Å². The van der Waals surface area contributed by atoms with Gasteiger partial charge in [0.05, 0.1) is 16.8 Å². The van der Waals surface area contributed by atoms with Crippen molar-refractivity contribution in [1.29, 1.82) is 0 Å². The summed E-state index contributed by atoms with van der Waals surface area (Å²) in [5, 5.41) is 0. The maximum absolute atomic E-state index is 12.9. The lowest BCUT2D eigenvalue weighted by Crippen LogP contribution is -2.40. The monoisotopic (exact) mass is 472 g/mol. The predicted octanol–water partition coefficient (Wildman–Crippen LogP) is 2.68. The first kappa shape index (κ1) is 24.4. The third-order valence-corrected chi connectivity index (χ3v) is 6.86. The summed E-state index contributed by atoms with van der Waals surface area (Å²) in [6.07, 6.45) is 8.24. The van der Waals surface area contributed by atoms with E-state index in [2.05, 4.69) is 14.7 Å². The molecule has 0 unspecified atom stereocenters. The van der Waals surface area contributed by atoms with E-state index < -0.39 is 10.0 Å². The fourth-order valence-electron chi connectivity index (χ4n) is 3.71. The van der Waals surface area contributed by atoms with E-state index >= 15 is 0 Å². The number of nitrogens with zero attached hydrogens (tertiary/aromatic N) is 3. The lowest BCUT2D eigenvalue weighted by atomic mass is 9.93. The van der Waals surface area contributed by atoms with Gasteiger partial charge in [0.15, 0.2) is 11.5 Å². The van der Waals surface area contributed by atoms with Crippen LogP contribution in [0.3, 0.4) is 0 Å². The van der Waals surface area contributed by atoms with Crippen molar-refractivity contribution in [3.8, 4) is 11.3 Å². The van der Waals surface area contributed by atoms with Crippen LogP contribution in [0.25, 0.3) is 16.9 Å². The van der Waals surface area contributed by atoms with Gasteiger partial charge in [0.25, 0.3) is 0 Å². The number of fused-ring (bicyclic) bond motifs is 1. The molecule has 5 N–H and O–H groups in total. The molecule has 2 aromatic heterocycles. The number of imidazole rings is 1. The highest BCUT2D eigenvalue weighted by atomic mass is 35.5. The minimum Gasteiger partial charge on any atom is -0.381 e. The number of nitrogens with two attached hydrogens (primary N) is 2. The van der Waals surface area contributed by atoms with Crippen molar-refractivity contribution in [3.05, 3.63) is 42.4 Å². The number of anilines is 1. The van der Waals surface area contributed by atoms with Gasteiger partial charge in [-0.25, -0.2) is 23.1 Å². The molecule has 3 aromatic rings. The van der Waals surface area contributed by atoms with Crippen molar-refractivity contribution < 1.29 is 8.42 Å². The summed E-state index contributed by atoms with van der Waals surface area (Å²) in [5.74, 6) is 0.326. The first-order valence-corrected chi connectivity index (χ1v) is 10.8. The van der Waals surface area contributed by atoms with Gasteiger partial charge >= 0.3 is 0 Å². The second-order valence-corrected chi connectivity index (χ2v) is 9.07. The smallest absolute Gasteiger partial charge is 0.240 e. The molecule has 1 aliphatic carbocycles. The van der Waals surface area contributed by atoms with E-state index in [1.165, 1.54) is 0 Å². The fraction of sp³-hybridized carbons (Fsp3) is 0.368. The van der Waals surface area contributed by atoms with Gasteiger partial charge in [-0.1, -0.05) is 6.07 Å². The molecule has 2 heterocycles. The second kappa shape index (κ2) is 9.49. The van der Waals surface area contributed by atoms with Crippen LogP contribution in [0.15, 0.2) is 41.7 Å². The lowest BCUT2D eigenvalue weighted by Gasteiger charge is -2.26. The molecule has 0 bridgehead atoms. The quantitative estimate of drug-likeness (QED) is 0.535. The Morgan fingerprint density at radius 2 is 1.83 bits per heavy atom. The van der Waals surface area contributed by atoms with Crippen LogP contribution >= 0.6 is 24.8 Å². The number of aromatic nitrogens is 3. The zero-order valence-electron chi connectivity index (χ0n) is 16.5. The summed E-state index contributed by atoms with van der Waals surface area (Å²) >= 11 is 0. The number of rotatable bonds is 4. The fourth-order valence-corrected chi connectivity index (χ4v) is 5.04. The number of nitrogens with one attached hydrogen (secondary N) is 1. The van der Waals surface area contributed by atoms with Crippen molar-refractivity contribution in [2.45, 2.75) is 49.6 Å². The van der Waals surface area contributed by atoms with Crippen LogP contribution in [0.5, 0.6) is 0 Å². The van der Waals surface area contributed by atoms with E-state index in [1.807, 2.05) is 17.4 Å². The third kappa shape index (κ3) is 4.70. The molecule has 1 aromatic carbocycles. The van der Waals surface area contributed by atoms with Gasteiger partial charge in [0.1, 0.15) is 0 Å². The Bertz CT molecular complexity index is 1130. The number of hydrogen-bond donors (Lipinski definition) is 3. The molecule has 30 heavy (non-hydrogen) atoms. The summed E-state index contributed by atoms with van der Waals surface area (Å²) in [5.41, 5.74) is 14.8. The first-order chi connectivity index (χ1) is 13.3. The molecule has 0 radical (unpaired) electrons.